The van der Waals surface area contributed by atoms with Gasteiger partial charge in [-0.1, -0.05) is 30.3 Å². The largest absolute Gasteiger partial charge is 0.441 e. The number of rotatable bonds is 10. The number of hydrogen-bond acceptors (Lipinski definition) is 7. The summed E-state index contributed by atoms with van der Waals surface area (Å²) in [5.41, 5.74) is 4.29. The molecule has 11 heteroatoms. The number of carbonyl (C=O) groups excluding carboxylic acids is 2. The molecule has 10 nitrogen and oxygen atoms in total. The van der Waals surface area contributed by atoms with Gasteiger partial charge in [0.25, 0.3) is 11.8 Å². The van der Waals surface area contributed by atoms with Gasteiger partial charge in [0.2, 0.25) is 5.09 Å². The summed E-state index contributed by atoms with van der Waals surface area (Å²) in [4.78, 5) is 27.7. The smallest absolute Gasteiger partial charge is 0.328 e. The predicted molar refractivity (Wildman–Crippen MR) is 136 cm³/mol. The summed E-state index contributed by atoms with van der Waals surface area (Å²) in [5.74, 6) is -1.22. The van der Waals surface area contributed by atoms with Crippen LogP contribution in [0.15, 0.2) is 87.0 Å². The van der Waals surface area contributed by atoms with Crippen molar-refractivity contribution in [3.8, 4) is 0 Å². The van der Waals surface area contributed by atoms with Crippen LogP contribution < -0.4 is 15.6 Å². The Labute approximate surface area is 209 Å². The molecule has 0 aliphatic rings. The van der Waals surface area contributed by atoms with Gasteiger partial charge < -0.3 is 14.6 Å². The van der Waals surface area contributed by atoms with E-state index in [1.165, 1.54) is 12.1 Å². The SMILES string of the molecule is CCN(CC)c1ccc(/C=C(/NC(=O)c2ccccc2)C(=O)N/N=C/c2ccc(S(=O)(=O)O)o2)cc1. The van der Waals surface area contributed by atoms with Gasteiger partial charge in [-0.05, 0) is 61.9 Å². The number of hydrogen-bond donors (Lipinski definition) is 3. The van der Waals surface area contributed by atoms with Gasteiger partial charge in [0.05, 0.1) is 6.21 Å². The second-order valence-corrected chi connectivity index (χ2v) is 8.83. The molecule has 0 bridgehead atoms. The minimum Gasteiger partial charge on any atom is -0.441 e. The molecule has 1 heterocycles. The van der Waals surface area contributed by atoms with E-state index >= 15 is 0 Å². The van der Waals surface area contributed by atoms with Crippen LogP contribution in [0.3, 0.4) is 0 Å². The molecule has 0 aliphatic heterocycles. The van der Waals surface area contributed by atoms with E-state index in [0.717, 1.165) is 31.1 Å². The Morgan fingerprint density at radius 2 is 1.67 bits per heavy atom. The fourth-order valence-corrected chi connectivity index (χ4v) is 3.68. The Balaban J connectivity index is 1.82. The lowest BCUT2D eigenvalue weighted by atomic mass is 10.1. The lowest BCUT2D eigenvalue weighted by molar-refractivity contribution is -0.117. The second kappa shape index (κ2) is 12.0. The van der Waals surface area contributed by atoms with E-state index in [2.05, 4.69) is 34.6 Å². The van der Waals surface area contributed by atoms with Gasteiger partial charge >= 0.3 is 10.1 Å². The summed E-state index contributed by atoms with van der Waals surface area (Å²) in [5, 5.41) is 5.70. The van der Waals surface area contributed by atoms with Crippen LogP contribution in [0, 0.1) is 0 Å². The van der Waals surface area contributed by atoms with Crippen molar-refractivity contribution in [2.45, 2.75) is 18.9 Å². The normalized spacial score (nSPS) is 11.9. The van der Waals surface area contributed by atoms with Crippen LogP contribution in [0.2, 0.25) is 0 Å². The average Bonchev–Trinajstić information content (AvgIpc) is 3.35. The number of anilines is 1. The lowest BCUT2D eigenvalue weighted by Crippen LogP contribution is -2.32. The van der Waals surface area contributed by atoms with E-state index in [1.54, 1.807) is 30.3 Å². The summed E-state index contributed by atoms with van der Waals surface area (Å²) in [7, 11) is -4.50. The summed E-state index contributed by atoms with van der Waals surface area (Å²) in [6, 6.07) is 18.2. The van der Waals surface area contributed by atoms with Crippen LogP contribution in [-0.4, -0.2) is 44.1 Å². The van der Waals surface area contributed by atoms with E-state index in [4.69, 9.17) is 8.97 Å². The fraction of sp³-hybridized carbons (Fsp3) is 0.160. The Morgan fingerprint density at radius 1 is 1.00 bits per heavy atom. The average molecular weight is 511 g/mol. The van der Waals surface area contributed by atoms with Crippen LogP contribution >= 0.6 is 0 Å². The highest BCUT2D eigenvalue weighted by molar-refractivity contribution is 7.85. The van der Waals surface area contributed by atoms with E-state index in [9.17, 15) is 18.0 Å². The quantitative estimate of drug-likeness (QED) is 0.164. The molecular weight excluding hydrogens is 484 g/mol. The van der Waals surface area contributed by atoms with Gasteiger partial charge in [-0.15, -0.1) is 0 Å². The molecule has 0 radical (unpaired) electrons. The summed E-state index contributed by atoms with van der Waals surface area (Å²) in [6.07, 6.45) is 2.57. The molecule has 0 unspecified atom stereocenters. The molecule has 188 valence electrons. The van der Waals surface area contributed by atoms with Crippen molar-refractivity contribution in [3.05, 3.63) is 89.3 Å². The number of nitrogens with one attached hydrogen (secondary N) is 2. The molecule has 3 N–H and O–H groups in total. The molecule has 0 saturated carbocycles. The molecule has 0 fully saturated rings. The third-order valence-corrected chi connectivity index (χ3v) is 5.80. The molecule has 3 aromatic rings. The molecule has 0 atom stereocenters. The van der Waals surface area contributed by atoms with E-state index in [0.29, 0.717) is 11.1 Å². The number of benzene rings is 2. The maximum absolute atomic E-state index is 12.9. The van der Waals surface area contributed by atoms with Crippen molar-refractivity contribution < 1.29 is 27.0 Å². The first-order valence-corrected chi connectivity index (χ1v) is 12.5. The molecule has 2 amide bonds. The van der Waals surface area contributed by atoms with Gasteiger partial charge in [0.15, 0.2) is 0 Å². The maximum Gasteiger partial charge on any atom is 0.328 e. The van der Waals surface area contributed by atoms with Crippen molar-refractivity contribution in [3.63, 3.8) is 0 Å². The van der Waals surface area contributed by atoms with Crippen LogP contribution in [0.1, 0.15) is 35.5 Å². The Kier molecular flexibility index (Phi) is 8.76. The molecular formula is C25H26N4O6S. The number of carbonyl (C=O) groups is 2. The van der Waals surface area contributed by atoms with Crippen molar-refractivity contribution >= 4 is 39.9 Å². The van der Waals surface area contributed by atoms with Gasteiger partial charge in [-0.2, -0.15) is 13.5 Å². The summed E-state index contributed by atoms with van der Waals surface area (Å²) >= 11 is 0. The van der Waals surface area contributed by atoms with Gasteiger partial charge in [0.1, 0.15) is 11.5 Å². The molecule has 2 aromatic carbocycles. The van der Waals surface area contributed by atoms with Gasteiger partial charge in [0, 0.05) is 24.3 Å². The highest BCUT2D eigenvalue weighted by Crippen LogP contribution is 2.17. The zero-order valence-corrected chi connectivity index (χ0v) is 20.5. The van der Waals surface area contributed by atoms with Crippen LogP contribution in [0.25, 0.3) is 6.08 Å². The van der Waals surface area contributed by atoms with E-state index in [1.807, 2.05) is 24.3 Å². The van der Waals surface area contributed by atoms with Crippen molar-refractivity contribution in [2.75, 3.05) is 18.0 Å². The highest BCUT2D eigenvalue weighted by atomic mass is 32.2. The Bertz CT molecular complexity index is 1360. The van der Waals surface area contributed by atoms with Gasteiger partial charge in [-0.3, -0.25) is 14.1 Å². The molecule has 0 spiro atoms. The molecule has 0 aliphatic carbocycles. The highest BCUT2D eigenvalue weighted by Gasteiger charge is 2.16. The zero-order chi connectivity index (χ0) is 26.1. The molecule has 1 aromatic heterocycles. The third kappa shape index (κ3) is 7.14. The van der Waals surface area contributed by atoms with Gasteiger partial charge in [-0.25, -0.2) is 5.43 Å². The van der Waals surface area contributed by atoms with Crippen LogP contribution in [0.4, 0.5) is 5.69 Å². The van der Waals surface area contributed by atoms with Crippen molar-refractivity contribution in [2.24, 2.45) is 5.10 Å². The van der Waals surface area contributed by atoms with E-state index in [-0.39, 0.29) is 11.5 Å². The Morgan fingerprint density at radius 3 is 2.25 bits per heavy atom. The lowest BCUT2D eigenvalue weighted by Gasteiger charge is -2.20. The third-order valence-electron chi connectivity index (χ3n) is 5.08. The van der Waals surface area contributed by atoms with Crippen molar-refractivity contribution in [1.82, 2.24) is 10.7 Å². The summed E-state index contributed by atoms with van der Waals surface area (Å²) < 4.78 is 36.1. The standard InChI is InChI=1S/C25H26N4O6S/c1-3-29(4-2)20-12-10-18(11-13-20)16-22(27-24(30)19-8-6-5-7-9-19)25(31)28-26-17-21-14-15-23(35-21)36(32,33)34/h5-17H,3-4H2,1-2H3,(H,27,30)(H,28,31)(H,32,33,34)/b22-16+,26-17+. The minimum absolute atomic E-state index is 0.0197. The first-order valence-electron chi connectivity index (χ1n) is 11.0. The molecule has 36 heavy (non-hydrogen) atoms. The molecule has 3 rings (SSSR count). The number of nitrogens with zero attached hydrogens (tertiary/aromatic N) is 2. The molecule has 0 saturated heterocycles. The first-order chi connectivity index (χ1) is 17.2. The monoisotopic (exact) mass is 510 g/mol. The first kappa shape index (κ1) is 26.4. The van der Waals surface area contributed by atoms with Crippen LogP contribution in [0.5, 0.6) is 0 Å². The van der Waals surface area contributed by atoms with Crippen molar-refractivity contribution in [1.29, 1.82) is 0 Å². The zero-order valence-electron chi connectivity index (χ0n) is 19.7. The fourth-order valence-electron chi connectivity index (χ4n) is 3.24. The second-order valence-electron chi connectivity index (χ2n) is 7.47. The maximum atomic E-state index is 12.9. The van der Waals surface area contributed by atoms with E-state index < -0.39 is 27.0 Å². The number of hydrazone groups is 1. The summed E-state index contributed by atoms with van der Waals surface area (Å²) in [6.45, 7) is 5.83. The minimum atomic E-state index is -4.50. The number of furan rings is 1. The topological polar surface area (TPSA) is 141 Å². The van der Waals surface area contributed by atoms with Crippen LogP contribution in [-0.2, 0) is 14.9 Å². The number of amides is 2. The Hall–Kier alpha value is -4.22. The predicted octanol–water partition coefficient (Wildman–Crippen LogP) is 3.29.